The summed E-state index contributed by atoms with van der Waals surface area (Å²) >= 11 is 0. The van der Waals surface area contributed by atoms with Crippen molar-refractivity contribution in [3.8, 4) is 0 Å². The van der Waals surface area contributed by atoms with Gasteiger partial charge >= 0.3 is 0 Å². The van der Waals surface area contributed by atoms with Crippen LogP contribution in [0.2, 0.25) is 0 Å². The van der Waals surface area contributed by atoms with Gasteiger partial charge in [0.2, 0.25) is 5.91 Å². The fourth-order valence-electron chi connectivity index (χ4n) is 3.22. The molecule has 1 saturated heterocycles. The van der Waals surface area contributed by atoms with Gasteiger partial charge in [0.15, 0.2) is 9.84 Å². The average Bonchev–Trinajstić information content (AvgIpc) is 3.07. The van der Waals surface area contributed by atoms with Crippen molar-refractivity contribution in [2.75, 3.05) is 23.0 Å². The van der Waals surface area contributed by atoms with Crippen molar-refractivity contribution in [3.05, 3.63) is 65.7 Å². The molecule has 0 spiro atoms. The van der Waals surface area contributed by atoms with Crippen molar-refractivity contribution in [2.45, 2.75) is 19.9 Å². The smallest absolute Gasteiger partial charge is 0.244 e. The molecule has 1 aliphatic rings. The number of nitrogens with zero attached hydrogens (tertiary/aromatic N) is 2. The van der Waals surface area contributed by atoms with E-state index in [2.05, 4.69) is 34.5 Å². The summed E-state index contributed by atoms with van der Waals surface area (Å²) < 4.78 is 22.9. The van der Waals surface area contributed by atoms with E-state index in [0.29, 0.717) is 6.42 Å². The molecule has 3 rings (SSSR count). The molecule has 2 aromatic rings. The lowest BCUT2D eigenvalue weighted by molar-refractivity contribution is -0.124. The quantitative estimate of drug-likeness (QED) is 0.573. The van der Waals surface area contributed by atoms with E-state index in [9.17, 15) is 13.2 Å². The van der Waals surface area contributed by atoms with Crippen molar-refractivity contribution in [1.29, 1.82) is 0 Å². The van der Waals surface area contributed by atoms with Crippen molar-refractivity contribution in [2.24, 2.45) is 11.0 Å². The number of carbonyl (C=O) groups is 1. The third-order valence-corrected chi connectivity index (χ3v) is 6.62. The lowest BCUT2D eigenvalue weighted by atomic mass is 10.1. The summed E-state index contributed by atoms with van der Waals surface area (Å²) in [6.45, 7) is 3.85. The fourth-order valence-corrected chi connectivity index (χ4v) is 4.97. The number of carbonyl (C=O) groups excluding carboxylic acids is 1. The summed E-state index contributed by atoms with van der Waals surface area (Å²) in [5.41, 5.74) is 5.68. The van der Waals surface area contributed by atoms with Crippen molar-refractivity contribution in [1.82, 2.24) is 5.43 Å². The normalized spacial score (nSPS) is 18.2. The fraction of sp³-hybridized carbons (Fsp3) is 0.333. The largest absolute Gasteiger partial charge is 0.367 e. The molecule has 1 N–H and O–H groups in total. The molecule has 7 heteroatoms. The Balaban J connectivity index is 1.56. The molecule has 1 heterocycles. The van der Waals surface area contributed by atoms with E-state index in [1.54, 1.807) is 6.21 Å². The second-order valence-corrected chi connectivity index (χ2v) is 9.15. The first-order chi connectivity index (χ1) is 13.5. The maximum atomic E-state index is 12.0. The molecule has 0 unspecified atom stereocenters. The Hall–Kier alpha value is -2.67. The zero-order valence-corrected chi connectivity index (χ0v) is 16.7. The first-order valence-corrected chi connectivity index (χ1v) is 11.2. The minimum atomic E-state index is -3.07. The Morgan fingerprint density at radius 2 is 1.89 bits per heavy atom. The third-order valence-electron chi connectivity index (χ3n) is 4.85. The molecule has 148 valence electrons. The van der Waals surface area contributed by atoms with Gasteiger partial charge < -0.3 is 4.90 Å². The standard InChI is InChI=1S/C21H25N3O3S/c1-2-24(15-18-6-4-3-5-7-18)20-10-8-17(9-11-20)14-22-23-21(25)19-12-13-28(26,27)16-19/h3-11,14,19H,2,12-13,15-16H2,1H3,(H,23,25)/b22-14-/t19-/m0/s1. The Morgan fingerprint density at radius 1 is 1.18 bits per heavy atom. The first kappa shape index (κ1) is 20.1. The van der Waals surface area contributed by atoms with Gasteiger partial charge in [-0.15, -0.1) is 0 Å². The monoisotopic (exact) mass is 399 g/mol. The number of nitrogens with one attached hydrogen (secondary N) is 1. The highest BCUT2D eigenvalue weighted by molar-refractivity contribution is 7.91. The van der Waals surface area contributed by atoms with Gasteiger partial charge in [0.25, 0.3) is 0 Å². The van der Waals surface area contributed by atoms with Gasteiger partial charge in [-0.25, -0.2) is 13.8 Å². The van der Waals surface area contributed by atoms with E-state index in [-0.39, 0.29) is 17.4 Å². The van der Waals surface area contributed by atoms with Crippen LogP contribution < -0.4 is 10.3 Å². The van der Waals surface area contributed by atoms with Crippen LogP contribution >= 0.6 is 0 Å². The zero-order valence-electron chi connectivity index (χ0n) is 15.9. The predicted molar refractivity (Wildman–Crippen MR) is 112 cm³/mol. The van der Waals surface area contributed by atoms with Gasteiger partial charge in [-0.2, -0.15) is 5.10 Å². The van der Waals surface area contributed by atoms with Crippen LogP contribution in [0.4, 0.5) is 5.69 Å². The van der Waals surface area contributed by atoms with Gasteiger partial charge in [0, 0.05) is 18.8 Å². The molecule has 0 aromatic heterocycles. The van der Waals surface area contributed by atoms with Crippen LogP contribution in [0.15, 0.2) is 59.7 Å². The molecular weight excluding hydrogens is 374 g/mol. The van der Waals surface area contributed by atoms with Crippen LogP contribution in [-0.2, 0) is 21.2 Å². The van der Waals surface area contributed by atoms with E-state index >= 15 is 0 Å². The Morgan fingerprint density at radius 3 is 2.50 bits per heavy atom. The zero-order chi connectivity index (χ0) is 20.0. The Kier molecular flexibility index (Phi) is 6.46. The van der Waals surface area contributed by atoms with Crippen LogP contribution in [0, 0.1) is 5.92 Å². The topological polar surface area (TPSA) is 78.8 Å². The number of sulfone groups is 1. The van der Waals surface area contributed by atoms with E-state index in [1.807, 2.05) is 42.5 Å². The number of hydrogen-bond acceptors (Lipinski definition) is 5. The predicted octanol–water partition coefficient (Wildman–Crippen LogP) is 2.60. The lowest BCUT2D eigenvalue weighted by Crippen LogP contribution is -2.27. The van der Waals surface area contributed by atoms with Crippen LogP contribution in [0.5, 0.6) is 0 Å². The molecule has 6 nitrogen and oxygen atoms in total. The molecular formula is C21H25N3O3S. The second-order valence-electron chi connectivity index (χ2n) is 6.93. The van der Waals surface area contributed by atoms with Crippen LogP contribution in [-0.4, -0.2) is 38.6 Å². The highest BCUT2D eigenvalue weighted by Gasteiger charge is 2.32. The Bertz CT molecular complexity index is 925. The summed E-state index contributed by atoms with van der Waals surface area (Å²) in [5.74, 6) is -0.848. The highest BCUT2D eigenvalue weighted by Crippen LogP contribution is 2.19. The summed E-state index contributed by atoms with van der Waals surface area (Å²) in [6.07, 6.45) is 1.94. The number of hydrazone groups is 1. The molecule has 0 bridgehead atoms. The van der Waals surface area contributed by atoms with E-state index < -0.39 is 15.8 Å². The summed E-state index contributed by atoms with van der Waals surface area (Å²) in [4.78, 5) is 14.3. The first-order valence-electron chi connectivity index (χ1n) is 9.39. The molecule has 1 amide bonds. The summed E-state index contributed by atoms with van der Waals surface area (Å²) in [7, 11) is -3.07. The SMILES string of the molecule is CCN(Cc1ccccc1)c1ccc(/C=N\NC(=O)[C@H]2CCS(=O)(=O)C2)cc1. The van der Waals surface area contributed by atoms with Crippen molar-refractivity contribution >= 4 is 27.6 Å². The van der Waals surface area contributed by atoms with Gasteiger partial charge in [0.05, 0.1) is 23.6 Å². The molecule has 1 aliphatic heterocycles. The summed E-state index contributed by atoms with van der Waals surface area (Å²) in [5, 5.41) is 3.96. The maximum absolute atomic E-state index is 12.0. The molecule has 0 saturated carbocycles. The average molecular weight is 400 g/mol. The summed E-state index contributed by atoms with van der Waals surface area (Å²) in [6, 6.07) is 18.3. The maximum Gasteiger partial charge on any atom is 0.244 e. The number of benzene rings is 2. The van der Waals surface area contributed by atoms with Gasteiger partial charge in [-0.05, 0) is 36.6 Å². The van der Waals surface area contributed by atoms with Crippen LogP contribution in [0.25, 0.3) is 0 Å². The Labute approximate surface area is 166 Å². The van der Waals surface area contributed by atoms with Gasteiger partial charge in [-0.3, -0.25) is 4.79 Å². The molecule has 0 radical (unpaired) electrons. The molecule has 2 aromatic carbocycles. The molecule has 1 atom stereocenters. The molecule has 1 fully saturated rings. The number of rotatable bonds is 7. The minimum Gasteiger partial charge on any atom is -0.367 e. The third kappa shape index (κ3) is 5.42. The van der Waals surface area contributed by atoms with E-state index in [4.69, 9.17) is 0 Å². The van der Waals surface area contributed by atoms with Crippen LogP contribution in [0.1, 0.15) is 24.5 Å². The number of anilines is 1. The van der Waals surface area contributed by atoms with Crippen LogP contribution in [0.3, 0.4) is 0 Å². The molecule has 28 heavy (non-hydrogen) atoms. The number of hydrogen-bond donors (Lipinski definition) is 1. The highest BCUT2D eigenvalue weighted by atomic mass is 32.2. The van der Waals surface area contributed by atoms with E-state index in [1.165, 1.54) is 5.56 Å². The molecule has 0 aliphatic carbocycles. The van der Waals surface area contributed by atoms with E-state index in [0.717, 1.165) is 24.3 Å². The minimum absolute atomic E-state index is 0.0766. The van der Waals surface area contributed by atoms with Crippen molar-refractivity contribution in [3.63, 3.8) is 0 Å². The van der Waals surface area contributed by atoms with Gasteiger partial charge in [0.1, 0.15) is 0 Å². The lowest BCUT2D eigenvalue weighted by Gasteiger charge is -2.23. The second kappa shape index (κ2) is 9.01. The van der Waals surface area contributed by atoms with Gasteiger partial charge in [-0.1, -0.05) is 42.5 Å². The van der Waals surface area contributed by atoms with Crippen molar-refractivity contribution < 1.29 is 13.2 Å². The number of amides is 1.